The molecule has 0 unspecified atom stereocenters. The molecule has 0 N–H and O–H groups in total. The normalized spacial score (nSPS) is 20.6. The van der Waals surface area contributed by atoms with Crippen molar-refractivity contribution in [3.05, 3.63) is 24.5 Å². The summed E-state index contributed by atoms with van der Waals surface area (Å²) in [5, 5.41) is 1.10. The maximum absolute atomic E-state index is 6.19. The second-order valence-electron chi connectivity index (χ2n) is 7.05. The van der Waals surface area contributed by atoms with Crippen LogP contribution in [0.1, 0.15) is 47.6 Å². The highest BCUT2D eigenvalue weighted by atomic mass is 16.7. The van der Waals surface area contributed by atoms with Crippen molar-refractivity contribution in [2.24, 2.45) is 0 Å². The fourth-order valence-electron chi connectivity index (χ4n) is 2.66. The van der Waals surface area contributed by atoms with Crippen molar-refractivity contribution < 1.29 is 9.31 Å². The Kier molecular flexibility index (Phi) is 3.19. The van der Waals surface area contributed by atoms with Gasteiger partial charge in [-0.2, -0.15) is 0 Å². The molecule has 1 fully saturated rings. The molecule has 0 atom stereocenters. The summed E-state index contributed by atoms with van der Waals surface area (Å²) in [6.07, 6.45) is 3.94. The number of rotatable bonds is 2. The Labute approximate surface area is 126 Å². The standard InChI is InChI=1S/C16H23BN2O2/c1-11(2)19-10-13(12-8-7-9-18-14(12)19)17-20-15(3,4)16(5,6)21-17/h7-11H,1-6H3. The first-order chi connectivity index (χ1) is 9.73. The summed E-state index contributed by atoms with van der Waals surface area (Å²) >= 11 is 0. The van der Waals surface area contributed by atoms with Gasteiger partial charge in [-0.1, -0.05) is 6.07 Å². The number of fused-ring (bicyclic) bond motifs is 1. The molecule has 2 aromatic heterocycles. The van der Waals surface area contributed by atoms with Crippen LogP contribution in [0.2, 0.25) is 0 Å². The number of hydrogen-bond acceptors (Lipinski definition) is 3. The molecular formula is C16H23BN2O2. The Balaban J connectivity index is 2.10. The van der Waals surface area contributed by atoms with Crippen LogP contribution < -0.4 is 5.46 Å². The molecule has 0 bridgehead atoms. The van der Waals surface area contributed by atoms with Crippen LogP contribution in [0.15, 0.2) is 24.5 Å². The predicted molar refractivity (Wildman–Crippen MR) is 85.8 cm³/mol. The van der Waals surface area contributed by atoms with E-state index in [1.54, 1.807) is 0 Å². The molecule has 5 heteroatoms. The Bertz CT molecular complexity index is 660. The van der Waals surface area contributed by atoms with Gasteiger partial charge in [0.05, 0.1) is 11.2 Å². The van der Waals surface area contributed by atoms with Crippen molar-refractivity contribution in [2.75, 3.05) is 0 Å². The van der Waals surface area contributed by atoms with Gasteiger partial charge in [0.2, 0.25) is 0 Å². The van der Waals surface area contributed by atoms with Gasteiger partial charge in [0.15, 0.2) is 0 Å². The van der Waals surface area contributed by atoms with Crippen LogP contribution in [0.25, 0.3) is 11.0 Å². The topological polar surface area (TPSA) is 36.3 Å². The fraction of sp³-hybridized carbons (Fsp3) is 0.562. The fourth-order valence-corrected chi connectivity index (χ4v) is 2.66. The number of aromatic nitrogens is 2. The SMILES string of the molecule is CC(C)n1cc(B2OC(C)(C)C(C)(C)O2)c2cccnc21. The van der Waals surface area contributed by atoms with E-state index >= 15 is 0 Å². The second-order valence-corrected chi connectivity index (χ2v) is 7.05. The van der Waals surface area contributed by atoms with Crippen molar-refractivity contribution in [3.8, 4) is 0 Å². The van der Waals surface area contributed by atoms with E-state index in [-0.39, 0.29) is 18.3 Å². The van der Waals surface area contributed by atoms with E-state index in [1.807, 2.05) is 12.3 Å². The number of pyridine rings is 1. The summed E-state index contributed by atoms with van der Waals surface area (Å²) in [7, 11) is -0.346. The van der Waals surface area contributed by atoms with Gasteiger partial charge in [-0.3, -0.25) is 0 Å². The van der Waals surface area contributed by atoms with Crippen LogP contribution in [0.5, 0.6) is 0 Å². The van der Waals surface area contributed by atoms with Gasteiger partial charge in [-0.15, -0.1) is 0 Å². The summed E-state index contributed by atoms with van der Waals surface area (Å²) in [6.45, 7) is 12.6. The maximum Gasteiger partial charge on any atom is 0.497 e. The molecule has 4 nitrogen and oxygen atoms in total. The molecule has 112 valence electrons. The van der Waals surface area contributed by atoms with Crippen LogP contribution in [0.3, 0.4) is 0 Å². The molecule has 1 saturated heterocycles. The maximum atomic E-state index is 6.19. The van der Waals surface area contributed by atoms with E-state index in [9.17, 15) is 0 Å². The minimum atomic E-state index is -0.346. The molecule has 0 radical (unpaired) electrons. The number of hydrogen-bond donors (Lipinski definition) is 0. The van der Waals surface area contributed by atoms with Crippen LogP contribution >= 0.6 is 0 Å². The zero-order valence-corrected chi connectivity index (χ0v) is 13.7. The summed E-state index contributed by atoms with van der Waals surface area (Å²) in [5.74, 6) is 0. The highest BCUT2D eigenvalue weighted by molar-refractivity contribution is 6.65. The van der Waals surface area contributed by atoms with E-state index in [1.165, 1.54) is 0 Å². The van der Waals surface area contributed by atoms with Crippen LogP contribution in [0, 0.1) is 0 Å². The third kappa shape index (κ3) is 2.19. The average Bonchev–Trinajstić information content (AvgIpc) is 2.85. The Morgan fingerprint density at radius 1 is 1.14 bits per heavy atom. The predicted octanol–water partition coefficient (Wildman–Crippen LogP) is 2.92. The summed E-state index contributed by atoms with van der Waals surface area (Å²) in [6, 6.07) is 4.39. The second kappa shape index (κ2) is 4.58. The average molecular weight is 286 g/mol. The van der Waals surface area contributed by atoms with E-state index in [0.717, 1.165) is 16.5 Å². The molecule has 0 aromatic carbocycles. The number of nitrogens with zero attached hydrogens (tertiary/aromatic N) is 2. The molecule has 0 spiro atoms. The minimum Gasteiger partial charge on any atom is -0.399 e. The zero-order valence-electron chi connectivity index (χ0n) is 13.7. The Morgan fingerprint density at radius 3 is 2.33 bits per heavy atom. The lowest BCUT2D eigenvalue weighted by Gasteiger charge is -2.32. The Morgan fingerprint density at radius 2 is 1.76 bits per heavy atom. The first-order valence-corrected chi connectivity index (χ1v) is 7.54. The smallest absolute Gasteiger partial charge is 0.399 e. The molecule has 1 aliphatic rings. The van der Waals surface area contributed by atoms with Crippen LogP contribution in [-0.2, 0) is 9.31 Å². The molecule has 0 saturated carbocycles. The van der Waals surface area contributed by atoms with E-state index in [4.69, 9.17) is 9.31 Å². The molecule has 1 aliphatic heterocycles. The van der Waals surface area contributed by atoms with Crippen LogP contribution in [-0.4, -0.2) is 27.9 Å². The van der Waals surface area contributed by atoms with Gasteiger partial charge in [0.25, 0.3) is 0 Å². The molecule has 0 amide bonds. The lowest BCUT2D eigenvalue weighted by Crippen LogP contribution is -2.41. The van der Waals surface area contributed by atoms with Crippen molar-refractivity contribution in [1.29, 1.82) is 0 Å². The lowest BCUT2D eigenvalue weighted by atomic mass is 9.79. The van der Waals surface area contributed by atoms with Gasteiger partial charge < -0.3 is 13.9 Å². The largest absolute Gasteiger partial charge is 0.497 e. The van der Waals surface area contributed by atoms with E-state index < -0.39 is 0 Å². The minimum absolute atomic E-state index is 0.327. The molecule has 0 aliphatic carbocycles. The van der Waals surface area contributed by atoms with E-state index in [2.05, 4.69) is 63.4 Å². The lowest BCUT2D eigenvalue weighted by molar-refractivity contribution is 0.00578. The van der Waals surface area contributed by atoms with Gasteiger partial charge in [-0.05, 0) is 47.6 Å². The van der Waals surface area contributed by atoms with Gasteiger partial charge in [0, 0.05) is 29.3 Å². The highest BCUT2D eigenvalue weighted by Gasteiger charge is 2.52. The van der Waals surface area contributed by atoms with Crippen molar-refractivity contribution >= 4 is 23.6 Å². The molecule has 21 heavy (non-hydrogen) atoms. The van der Waals surface area contributed by atoms with Gasteiger partial charge in [0.1, 0.15) is 5.65 Å². The quantitative estimate of drug-likeness (QED) is 0.796. The van der Waals surface area contributed by atoms with Crippen molar-refractivity contribution in [1.82, 2.24) is 9.55 Å². The van der Waals surface area contributed by atoms with Crippen LogP contribution in [0.4, 0.5) is 0 Å². The van der Waals surface area contributed by atoms with Gasteiger partial charge >= 0.3 is 7.12 Å². The molecule has 2 aromatic rings. The van der Waals surface area contributed by atoms with Crippen molar-refractivity contribution in [3.63, 3.8) is 0 Å². The Hall–Kier alpha value is -1.33. The first-order valence-electron chi connectivity index (χ1n) is 7.54. The summed E-state index contributed by atoms with van der Waals surface area (Å²) < 4.78 is 14.6. The van der Waals surface area contributed by atoms with Crippen molar-refractivity contribution in [2.45, 2.75) is 58.8 Å². The molecule has 3 heterocycles. The summed E-state index contributed by atoms with van der Waals surface area (Å²) in [5.41, 5.74) is 1.39. The molecule has 3 rings (SSSR count). The third-order valence-corrected chi connectivity index (χ3v) is 4.68. The summed E-state index contributed by atoms with van der Waals surface area (Å²) in [4.78, 5) is 4.52. The molecular weight excluding hydrogens is 263 g/mol. The third-order valence-electron chi connectivity index (χ3n) is 4.68. The van der Waals surface area contributed by atoms with E-state index in [0.29, 0.717) is 6.04 Å². The highest BCUT2D eigenvalue weighted by Crippen LogP contribution is 2.37. The monoisotopic (exact) mass is 286 g/mol. The van der Waals surface area contributed by atoms with Gasteiger partial charge in [-0.25, -0.2) is 4.98 Å². The zero-order chi connectivity index (χ0) is 15.4. The first kappa shape index (κ1) is 14.6.